The molecule has 0 unspecified atom stereocenters. The molecular weight excluding hydrogens is 197 g/mol. The summed E-state index contributed by atoms with van der Waals surface area (Å²) in [7, 11) is 0. The van der Waals surface area contributed by atoms with E-state index in [0.717, 1.165) is 0 Å². The standard InChI is InChI=1S/C8H3Cl2NO/c9-6-3-1-2-5(4-11)7(6)8(10)12/h1-3H. The third-order valence-electron chi connectivity index (χ3n) is 1.33. The lowest BCUT2D eigenvalue weighted by Crippen LogP contribution is -1.94. The number of nitrogens with zero attached hydrogens (tertiary/aromatic N) is 1. The number of carbonyl (C=O) groups is 1. The number of benzene rings is 1. The van der Waals surface area contributed by atoms with Crippen LogP contribution < -0.4 is 0 Å². The molecule has 0 spiro atoms. The second-order valence-corrected chi connectivity index (χ2v) is 2.80. The maximum absolute atomic E-state index is 10.8. The number of rotatable bonds is 1. The second kappa shape index (κ2) is 3.57. The quantitative estimate of drug-likeness (QED) is 0.653. The van der Waals surface area contributed by atoms with Crippen LogP contribution in [0.4, 0.5) is 0 Å². The molecule has 0 bridgehead atoms. The van der Waals surface area contributed by atoms with Crippen molar-refractivity contribution in [3.05, 3.63) is 34.3 Å². The third kappa shape index (κ3) is 1.58. The summed E-state index contributed by atoms with van der Waals surface area (Å²) in [6, 6.07) is 6.42. The predicted molar refractivity (Wildman–Crippen MR) is 46.4 cm³/mol. The minimum atomic E-state index is -0.711. The fourth-order valence-electron chi connectivity index (χ4n) is 0.817. The van der Waals surface area contributed by atoms with E-state index in [1.165, 1.54) is 12.1 Å². The number of hydrogen-bond acceptors (Lipinski definition) is 2. The highest BCUT2D eigenvalue weighted by molar-refractivity contribution is 6.69. The Morgan fingerprint density at radius 3 is 2.58 bits per heavy atom. The van der Waals surface area contributed by atoms with E-state index in [2.05, 4.69) is 0 Å². The Balaban J connectivity index is 3.42. The van der Waals surface area contributed by atoms with Crippen molar-refractivity contribution in [1.82, 2.24) is 0 Å². The monoisotopic (exact) mass is 199 g/mol. The number of hydrogen-bond donors (Lipinski definition) is 0. The molecule has 0 aliphatic rings. The highest BCUT2D eigenvalue weighted by Crippen LogP contribution is 2.21. The van der Waals surface area contributed by atoms with Crippen LogP contribution in [0.5, 0.6) is 0 Å². The Labute approximate surface area is 79.3 Å². The maximum atomic E-state index is 10.8. The van der Waals surface area contributed by atoms with Crippen molar-refractivity contribution in [3.8, 4) is 6.07 Å². The molecule has 0 radical (unpaired) electrons. The summed E-state index contributed by atoms with van der Waals surface area (Å²) in [5, 5.41) is 8.06. The van der Waals surface area contributed by atoms with Gasteiger partial charge in [-0.05, 0) is 23.7 Å². The molecule has 0 saturated carbocycles. The molecule has 0 aromatic heterocycles. The second-order valence-electron chi connectivity index (χ2n) is 2.05. The Kier molecular flexibility index (Phi) is 2.69. The molecule has 0 aliphatic heterocycles. The van der Waals surface area contributed by atoms with E-state index in [9.17, 15) is 4.79 Å². The van der Waals surface area contributed by atoms with Crippen LogP contribution in [-0.4, -0.2) is 5.24 Å². The first-order valence-corrected chi connectivity index (χ1v) is 3.81. The minimum Gasteiger partial charge on any atom is -0.276 e. The van der Waals surface area contributed by atoms with Crippen LogP contribution in [-0.2, 0) is 0 Å². The third-order valence-corrected chi connectivity index (χ3v) is 1.83. The van der Waals surface area contributed by atoms with Crippen molar-refractivity contribution in [2.75, 3.05) is 0 Å². The summed E-state index contributed by atoms with van der Waals surface area (Å²) < 4.78 is 0. The van der Waals surface area contributed by atoms with E-state index in [1.807, 2.05) is 6.07 Å². The van der Waals surface area contributed by atoms with Gasteiger partial charge in [0.25, 0.3) is 5.24 Å². The zero-order valence-corrected chi connectivity index (χ0v) is 7.36. The molecule has 1 rings (SSSR count). The molecule has 0 aliphatic carbocycles. The van der Waals surface area contributed by atoms with Crippen molar-refractivity contribution >= 4 is 28.4 Å². The highest BCUT2D eigenvalue weighted by Gasteiger charge is 2.12. The van der Waals surface area contributed by atoms with Crippen molar-refractivity contribution in [2.45, 2.75) is 0 Å². The van der Waals surface area contributed by atoms with Crippen molar-refractivity contribution in [3.63, 3.8) is 0 Å². The molecule has 0 saturated heterocycles. The van der Waals surface area contributed by atoms with Crippen LogP contribution in [0.25, 0.3) is 0 Å². The van der Waals surface area contributed by atoms with Crippen LogP contribution in [0, 0.1) is 11.3 Å². The highest BCUT2D eigenvalue weighted by atomic mass is 35.5. The van der Waals surface area contributed by atoms with Gasteiger partial charge in [0.05, 0.1) is 22.2 Å². The fraction of sp³-hybridized carbons (Fsp3) is 0. The summed E-state index contributed by atoms with van der Waals surface area (Å²) in [5.41, 5.74) is 0.269. The van der Waals surface area contributed by atoms with Gasteiger partial charge in [-0.25, -0.2) is 0 Å². The maximum Gasteiger partial charge on any atom is 0.255 e. The Morgan fingerprint density at radius 2 is 2.17 bits per heavy atom. The van der Waals surface area contributed by atoms with Crippen LogP contribution >= 0.6 is 23.2 Å². The van der Waals surface area contributed by atoms with Gasteiger partial charge in [0.15, 0.2) is 0 Å². The van der Waals surface area contributed by atoms with Gasteiger partial charge in [-0.15, -0.1) is 0 Å². The van der Waals surface area contributed by atoms with E-state index in [4.69, 9.17) is 28.5 Å². The molecule has 12 heavy (non-hydrogen) atoms. The first kappa shape index (κ1) is 9.05. The van der Waals surface area contributed by atoms with Gasteiger partial charge in [0.2, 0.25) is 0 Å². The van der Waals surface area contributed by atoms with Crippen LogP contribution in [0.2, 0.25) is 5.02 Å². The SMILES string of the molecule is N#Cc1cccc(Cl)c1C(=O)Cl. The largest absolute Gasteiger partial charge is 0.276 e. The Hall–Kier alpha value is -1.04. The average molecular weight is 200 g/mol. The summed E-state index contributed by atoms with van der Waals surface area (Å²) >= 11 is 10.9. The van der Waals surface area contributed by atoms with Gasteiger partial charge in [0.1, 0.15) is 0 Å². The Bertz CT molecular complexity index is 368. The van der Waals surface area contributed by atoms with Crippen molar-refractivity contribution < 1.29 is 4.79 Å². The summed E-state index contributed by atoms with van der Waals surface area (Å²) in [5.74, 6) is 0. The zero-order chi connectivity index (χ0) is 9.14. The van der Waals surface area contributed by atoms with E-state index >= 15 is 0 Å². The van der Waals surface area contributed by atoms with Crippen molar-refractivity contribution in [1.29, 1.82) is 5.26 Å². The topological polar surface area (TPSA) is 40.9 Å². The molecule has 0 heterocycles. The van der Waals surface area contributed by atoms with Gasteiger partial charge in [-0.2, -0.15) is 5.26 Å². The van der Waals surface area contributed by atoms with Gasteiger partial charge in [0, 0.05) is 0 Å². The Morgan fingerprint density at radius 1 is 1.50 bits per heavy atom. The minimum absolute atomic E-state index is 0.0725. The molecule has 2 nitrogen and oxygen atoms in total. The van der Waals surface area contributed by atoms with Gasteiger partial charge >= 0.3 is 0 Å². The van der Waals surface area contributed by atoms with Gasteiger partial charge in [-0.3, -0.25) is 4.79 Å². The number of carbonyl (C=O) groups excluding carboxylic acids is 1. The van der Waals surface area contributed by atoms with E-state index < -0.39 is 5.24 Å². The fourth-order valence-corrected chi connectivity index (χ4v) is 1.33. The van der Waals surface area contributed by atoms with Crippen LogP contribution in [0.15, 0.2) is 18.2 Å². The molecule has 0 amide bonds. The lowest BCUT2D eigenvalue weighted by atomic mass is 10.1. The molecule has 1 aromatic rings. The molecule has 0 atom stereocenters. The van der Waals surface area contributed by atoms with Crippen LogP contribution in [0.3, 0.4) is 0 Å². The van der Waals surface area contributed by atoms with Crippen molar-refractivity contribution in [2.24, 2.45) is 0 Å². The average Bonchev–Trinajstić information content (AvgIpc) is 2.03. The molecule has 4 heteroatoms. The normalized spacial score (nSPS) is 9.08. The molecular formula is C8H3Cl2NO. The predicted octanol–water partition coefficient (Wildman–Crippen LogP) is 2.59. The molecule has 0 fully saturated rings. The molecule has 0 N–H and O–H groups in total. The smallest absolute Gasteiger partial charge is 0.255 e. The first-order chi connectivity index (χ1) is 5.66. The summed E-state index contributed by atoms with van der Waals surface area (Å²) in [6.45, 7) is 0. The zero-order valence-electron chi connectivity index (χ0n) is 5.84. The lowest BCUT2D eigenvalue weighted by Gasteiger charge is -1.98. The van der Waals surface area contributed by atoms with Crippen LogP contribution in [0.1, 0.15) is 15.9 Å². The van der Waals surface area contributed by atoms with Gasteiger partial charge < -0.3 is 0 Å². The number of nitriles is 1. The lowest BCUT2D eigenvalue weighted by molar-refractivity contribution is 0.108. The van der Waals surface area contributed by atoms with E-state index in [-0.39, 0.29) is 16.1 Å². The number of halogens is 2. The van der Waals surface area contributed by atoms with Gasteiger partial charge in [-0.1, -0.05) is 17.7 Å². The van der Waals surface area contributed by atoms with E-state index in [0.29, 0.717) is 0 Å². The molecule has 60 valence electrons. The van der Waals surface area contributed by atoms with E-state index in [1.54, 1.807) is 6.07 Å². The summed E-state index contributed by atoms with van der Waals surface area (Å²) in [4.78, 5) is 10.8. The molecule has 1 aromatic carbocycles. The summed E-state index contributed by atoms with van der Waals surface area (Å²) in [6.07, 6.45) is 0. The first-order valence-electron chi connectivity index (χ1n) is 3.05.